The van der Waals surface area contributed by atoms with Crippen LogP contribution in [0, 0.1) is 0 Å². The summed E-state index contributed by atoms with van der Waals surface area (Å²) in [6.45, 7) is 0.540. The first kappa shape index (κ1) is 21.4. The zero-order valence-corrected chi connectivity index (χ0v) is 17.1. The molecule has 2 rings (SSSR count). The summed E-state index contributed by atoms with van der Waals surface area (Å²) < 4.78 is 5.11. The average Bonchev–Trinajstić information content (AvgIpc) is 2.64. The summed E-state index contributed by atoms with van der Waals surface area (Å²) in [4.78, 5) is 23.8. The summed E-state index contributed by atoms with van der Waals surface area (Å²) in [6.07, 6.45) is 0.732. The maximum atomic E-state index is 11.9. The van der Waals surface area contributed by atoms with Gasteiger partial charge in [0.1, 0.15) is 5.75 Å². The fourth-order valence-corrected chi connectivity index (χ4v) is 3.31. The van der Waals surface area contributed by atoms with Crippen LogP contribution >= 0.6 is 35.0 Å². The Bertz CT molecular complexity index is 785. The third-order valence-electron chi connectivity index (χ3n) is 3.57. The molecule has 0 heterocycles. The molecule has 0 atom stereocenters. The second kappa shape index (κ2) is 11.1. The predicted octanol–water partition coefficient (Wildman–Crippen LogP) is 4.03. The van der Waals surface area contributed by atoms with Crippen molar-refractivity contribution in [3.8, 4) is 5.75 Å². The number of methoxy groups -OCH3 is 1. The number of halogens is 2. The lowest BCUT2D eigenvalue weighted by atomic mass is 10.1. The van der Waals surface area contributed by atoms with Gasteiger partial charge in [-0.3, -0.25) is 9.59 Å². The molecule has 0 aromatic heterocycles. The van der Waals surface area contributed by atoms with Gasteiger partial charge in [-0.25, -0.2) is 0 Å². The smallest absolute Gasteiger partial charge is 0.234 e. The van der Waals surface area contributed by atoms with Crippen molar-refractivity contribution in [3.05, 3.63) is 58.1 Å². The lowest BCUT2D eigenvalue weighted by molar-refractivity contribution is -0.118. The van der Waals surface area contributed by atoms with Gasteiger partial charge in [0.2, 0.25) is 11.8 Å². The van der Waals surface area contributed by atoms with Gasteiger partial charge in [-0.1, -0.05) is 35.3 Å². The van der Waals surface area contributed by atoms with Crippen LogP contribution in [0.3, 0.4) is 0 Å². The maximum absolute atomic E-state index is 11.9. The van der Waals surface area contributed by atoms with E-state index in [0.717, 1.165) is 17.7 Å². The lowest BCUT2D eigenvalue weighted by Gasteiger charge is -2.08. The van der Waals surface area contributed by atoms with Crippen LogP contribution in [-0.2, 0) is 16.0 Å². The first-order chi connectivity index (χ1) is 13.0. The molecule has 0 aliphatic rings. The van der Waals surface area contributed by atoms with Crippen molar-refractivity contribution in [2.45, 2.75) is 6.42 Å². The molecule has 0 aliphatic heterocycles. The Morgan fingerprint density at radius 2 is 1.74 bits per heavy atom. The summed E-state index contributed by atoms with van der Waals surface area (Å²) in [7, 11) is 1.62. The molecule has 5 nitrogen and oxygen atoms in total. The van der Waals surface area contributed by atoms with Crippen molar-refractivity contribution in [1.29, 1.82) is 0 Å². The van der Waals surface area contributed by atoms with Crippen LogP contribution in [0.25, 0.3) is 0 Å². The van der Waals surface area contributed by atoms with Crippen LogP contribution < -0.4 is 15.4 Å². The van der Waals surface area contributed by atoms with Crippen LogP contribution in [0.4, 0.5) is 5.69 Å². The molecule has 2 amide bonds. The van der Waals surface area contributed by atoms with Crippen molar-refractivity contribution in [2.75, 3.05) is 30.5 Å². The molecule has 0 spiro atoms. The van der Waals surface area contributed by atoms with E-state index in [1.54, 1.807) is 25.3 Å². The van der Waals surface area contributed by atoms with Crippen molar-refractivity contribution in [2.24, 2.45) is 0 Å². The van der Waals surface area contributed by atoms with Crippen LogP contribution in [0.15, 0.2) is 42.5 Å². The van der Waals surface area contributed by atoms with Crippen molar-refractivity contribution in [3.63, 3.8) is 0 Å². The van der Waals surface area contributed by atoms with Crippen molar-refractivity contribution >= 4 is 52.5 Å². The monoisotopic (exact) mass is 426 g/mol. The normalized spacial score (nSPS) is 10.3. The highest BCUT2D eigenvalue weighted by atomic mass is 35.5. The van der Waals surface area contributed by atoms with Gasteiger partial charge in [0, 0.05) is 11.6 Å². The van der Waals surface area contributed by atoms with E-state index >= 15 is 0 Å². The molecule has 0 bridgehead atoms. The molecule has 0 saturated heterocycles. The summed E-state index contributed by atoms with van der Waals surface area (Å²) in [5, 5.41) is 6.40. The number of rotatable bonds is 9. The van der Waals surface area contributed by atoms with E-state index in [1.165, 1.54) is 11.8 Å². The van der Waals surface area contributed by atoms with E-state index in [-0.39, 0.29) is 23.3 Å². The Kier molecular flexibility index (Phi) is 8.78. The van der Waals surface area contributed by atoms with Gasteiger partial charge in [0.25, 0.3) is 0 Å². The average molecular weight is 427 g/mol. The Balaban J connectivity index is 1.62. The number of thioether (sulfide) groups is 1. The number of ether oxygens (including phenoxy) is 1. The highest BCUT2D eigenvalue weighted by Crippen LogP contribution is 2.25. The summed E-state index contributed by atoms with van der Waals surface area (Å²) >= 11 is 13.1. The zero-order chi connectivity index (χ0) is 19.6. The molecule has 0 unspecified atom stereocenters. The van der Waals surface area contributed by atoms with E-state index in [2.05, 4.69) is 10.6 Å². The molecule has 0 radical (unpaired) electrons. The third kappa shape index (κ3) is 7.71. The second-order valence-corrected chi connectivity index (χ2v) is 7.44. The number of carbonyl (C=O) groups excluding carboxylic acids is 2. The van der Waals surface area contributed by atoms with E-state index in [0.29, 0.717) is 22.3 Å². The number of anilines is 1. The quantitative estimate of drug-likeness (QED) is 0.634. The summed E-state index contributed by atoms with van der Waals surface area (Å²) in [6, 6.07) is 12.5. The third-order valence-corrected chi connectivity index (χ3v) is 5.05. The Labute approximate surface area is 172 Å². The molecule has 0 saturated carbocycles. The van der Waals surface area contributed by atoms with E-state index < -0.39 is 0 Å². The molecule has 144 valence electrons. The Morgan fingerprint density at radius 3 is 2.41 bits per heavy atom. The molecule has 8 heteroatoms. The largest absolute Gasteiger partial charge is 0.497 e. The minimum atomic E-state index is -0.227. The maximum Gasteiger partial charge on any atom is 0.234 e. The molecule has 2 aromatic rings. The van der Waals surface area contributed by atoms with E-state index in [4.69, 9.17) is 27.9 Å². The zero-order valence-electron chi connectivity index (χ0n) is 14.8. The van der Waals surface area contributed by atoms with Gasteiger partial charge in [-0.2, -0.15) is 0 Å². The van der Waals surface area contributed by atoms with Gasteiger partial charge < -0.3 is 15.4 Å². The van der Waals surface area contributed by atoms with Crippen LogP contribution in [0.1, 0.15) is 5.56 Å². The Hall–Kier alpha value is -1.89. The topological polar surface area (TPSA) is 67.4 Å². The van der Waals surface area contributed by atoms with Crippen LogP contribution in [-0.4, -0.2) is 37.0 Å². The molecule has 0 aliphatic carbocycles. The summed E-state index contributed by atoms with van der Waals surface area (Å²) in [5.74, 6) is 0.841. The van der Waals surface area contributed by atoms with Crippen molar-refractivity contribution < 1.29 is 14.3 Å². The van der Waals surface area contributed by atoms with E-state index in [9.17, 15) is 9.59 Å². The molecular formula is C19H20Cl2N2O3S. The van der Waals surface area contributed by atoms with E-state index in [1.807, 2.05) is 24.3 Å². The summed E-state index contributed by atoms with van der Waals surface area (Å²) in [5.41, 5.74) is 1.61. The van der Waals surface area contributed by atoms with Crippen LogP contribution in [0.5, 0.6) is 5.75 Å². The highest BCUT2D eigenvalue weighted by Gasteiger charge is 2.08. The molecule has 0 fully saturated rings. The number of hydrogen-bond acceptors (Lipinski definition) is 4. The number of nitrogens with one attached hydrogen (secondary N) is 2. The highest BCUT2D eigenvalue weighted by molar-refractivity contribution is 8.00. The lowest BCUT2D eigenvalue weighted by Crippen LogP contribution is -2.28. The standard InChI is InChI=1S/C19H20Cl2N2O3S/c1-26-15-5-2-13(3-6-15)8-9-22-18(24)11-27-12-19(25)23-17-7-4-14(20)10-16(17)21/h2-7,10H,8-9,11-12H2,1H3,(H,22,24)(H,23,25). The minimum Gasteiger partial charge on any atom is -0.497 e. The number of benzene rings is 2. The predicted molar refractivity (Wildman–Crippen MR) is 112 cm³/mol. The van der Waals surface area contributed by atoms with Crippen LogP contribution in [0.2, 0.25) is 10.0 Å². The van der Waals surface area contributed by atoms with Gasteiger partial charge in [-0.05, 0) is 42.3 Å². The SMILES string of the molecule is COc1ccc(CCNC(=O)CSCC(=O)Nc2ccc(Cl)cc2Cl)cc1. The van der Waals surface area contributed by atoms with Gasteiger partial charge in [0.05, 0.1) is 29.3 Å². The first-order valence-corrected chi connectivity index (χ1v) is 10.1. The van der Waals surface area contributed by atoms with Gasteiger partial charge in [0.15, 0.2) is 0 Å². The fraction of sp³-hybridized carbons (Fsp3) is 0.263. The van der Waals surface area contributed by atoms with Gasteiger partial charge >= 0.3 is 0 Å². The number of hydrogen-bond donors (Lipinski definition) is 2. The number of carbonyl (C=O) groups is 2. The van der Waals surface area contributed by atoms with Gasteiger partial charge in [-0.15, -0.1) is 11.8 Å². The van der Waals surface area contributed by atoms with Crippen molar-refractivity contribution in [1.82, 2.24) is 5.32 Å². The fourth-order valence-electron chi connectivity index (χ4n) is 2.20. The Morgan fingerprint density at radius 1 is 1.04 bits per heavy atom. The minimum absolute atomic E-state index is 0.106. The first-order valence-electron chi connectivity index (χ1n) is 8.20. The second-order valence-electron chi connectivity index (χ2n) is 5.61. The molecule has 2 aromatic carbocycles. The molecule has 2 N–H and O–H groups in total. The molecule has 27 heavy (non-hydrogen) atoms. The molecular weight excluding hydrogens is 407 g/mol. The number of amides is 2.